The second-order valence-corrected chi connectivity index (χ2v) is 6.18. The van der Waals surface area contributed by atoms with E-state index < -0.39 is 11.0 Å². The van der Waals surface area contributed by atoms with Crippen LogP contribution < -0.4 is 4.90 Å². The van der Waals surface area contributed by atoms with Gasteiger partial charge in [-0.25, -0.2) is 9.37 Å². The van der Waals surface area contributed by atoms with Gasteiger partial charge in [0.2, 0.25) is 0 Å². The second-order valence-electron chi connectivity index (χ2n) is 5.19. The Bertz CT molecular complexity index is 672. The molecule has 8 heteroatoms. The Morgan fingerprint density at radius 1 is 1.45 bits per heavy atom. The molecule has 6 nitrogen and oxygen atoms in total. The SMILES string of the molecule is O=[N+]([O-])c1cnc(N(CC(O)c2ccc(F)cc2)C2CC2)s1. The molecule has 1 unspecified atom stereocenters. The van der Waals surface area contributed by atoms with Gasteiger partial charge in [0.15, 0.2) is 5.13 Å². The van der Waals surface area contributed by atoms with Gasteiger partial charge in [-0.2, -0.15) is 0 Å². The van der Waals surface area contributed by atoms with Crippen LogP contribution in [-0.4, -0.2) is 27.6 Å². The predicted molar refractivity (Wildman–Crippen MR) is 80.5 cm³/mol. The quantitative estimate of drug-likeness (QED) is 0.653. The summed E-state index contributed by atoms with van der Waals surface area (Å²) in [6.07, 6.45) is 2.39. The summed E-state index contributed by atoms with van der Waals surface area (Å²) >= 11 is 1.00. The first-order valence-electron chi connectivity index (χ1n) is 6.85. The van der Waals surface area contributed by atoms with Crippen molar-refractivity contribution in [2.24, 2.45) is 0 Å². The van der Waals surface area contributed by atoms with Crippen LogP contribution in [0.3, 0.4) is 0 Å². The molecule has 1 heterocycles. The third-order valence-electron chi connectivity index (χ3n) is 3.52. The van der Waals surface area contributed by atoms with Crippen LogP contribution in [0.25, 0.3) is 0 Å². The lowest BCUT2D eigenvalue weighted by molar-refractivity contribution is -0.380. The molecule has 1 fully saturated rings. The van der Waals surface area contributed by atoms with Gasteiger partial charge in [-0.05, 0) is 41.9 Å². The van der Waals surface area contributed by atoms with Gasteiger partial charge >= 0.3 is 5.00 Å². The topological polar surface area (TPSA) is 79.5 Å². The van der Waals surface area contributed by atoms with Crippen molar-refractivity contribution in [2.45, 2.75) is 25.0 Å². The van der Waals surface area contributed by atoms with Gasteiger partial charge in [0, 0.05) is 6.04 Å². The summed E-state index contributed by atoms with van der Waals surface area (Å²) in [7, 11) is 0. The number of anilines is 1. The monoisotopic (exact) mass is 323 g/mol. The summed E-state index contributed by atoms with van der Waals surface area (Å²) in [6, 6.07) is 5.92. The Morgan fingerprint density at radius 2 is 2.14 bits per heavy atom. The fraction of sp³-hybridized carbons (Fsp3) is 0.357. The van der Waals surface area contributed by atoms with E-state index in [0.717, 1.165) is 24.2 Å². The lowest BCUT2D eigenvalue weighted by Gasteiger charge is -2.24. The predicted octanol–water partition coefficient (Wildman–Crippen LogP) is 2.89. The lowest BCUT2D eigenvalue weighted by atomic mass is 10.1. The molecule has 3 rings (SSSR count). The molecule has 1 aromatic carbocycles. The molecule has 1 aromatic heterocycles. The molecule has 2 aromatic rings. The zero-order valence-electron chi connectivity index (χ0n) is 11.6. The minimum atomic E-state index is -0.802. The molecular weight excluding hydrogens is 309 g/mol. The first-order chi connectivity index (χ1) is 10.5. The maximum Gasteiger partial charge on any atom is 0.345 e. The summed E-state index contributed by atoms with van der Waals surface area (Å²) in [5.74, 6) is -0.356. The van der Waals surface area contributed by atoms with Crippen LogP contribution in [0.5, 0.6) is 0 Å². The molecule has 0 amide bonds. The highest BCUT2D eigenvalue weighted by molar-refractivity contribution is 7.18. The van der Waals surface area contributed by atoms with Crippen molar-refractivity contribution in [3.05, 3.63) is 52.0 Å². The Kier molecular flexibility index (Phi) is 4.04. The first kappa shape index (κ1) is 14.9. The number of hydrogen-bond acceptors (Lipinski definition) is 6. The number of nitrogens with zero attached hydrogens (tertiary/aromatic N) is 3. The molecule has 0 radical (unpaired) electrons. The number of thiazole rings is 1. The third kappa shape index (κ3) is 3.23. The van der Waals surface area contributed by atoms with Crippen molar-refractivity contribution in [3.63, 3.8) is 0 Å². The number of aromatic nitrogens is 1. The van der Waals surface area contributed by atoms with Gasteiger partial charge in [0.05, 0.1) is 17.6 Å². The van der Waals surface area contributed by atoms with Gasteiger partial charge < -0.3 is 10.0 Å². The summed E-state index contributed by atoms with van der Waals surface area (Å²) < 4.78 is 12.9. The van der Waals surface area contributed by atoms with Gasteiger partial charge in [-0.1, -0.05) is 12.1 Å². The van der Waals surface area contributed by atoms with Gasteiger partial charge in [0.1, 0.15) is 12.0 Å². The van der Waals surface area contributed by atoms with Gasteiger partial charge in [-0.15, -0.1) is 0 Å². The van der Waals surface area contributed by atoms with Crippen molar-refractivity contribution >= 4 is 21.5 Å². The van der Waals surface area contributed by atoms with Crippen molar-refractivity contribution in [1.82, 2.24) is 4.98 Å². The lowest BCUT2D eigenvalue weighted by Crippen LogP contribution is -2.30. The average molecular weight is 323 g/mol. The van der Waals surface area contributed by atoms with Crippen LogP contribution in [0, 0.1) is 15.9 Å². The van der Waals surface area contributed by atoms with E-state index in [-0.39, 0.29) is 23.4 Å². The van der Waals surface area contributed by atoms with E-state index in [9.17, 15) is 19.6 Å². The van der Waals surface area contributed by atoms with Crippen molar-refractivity contribution in [1.29, 1.82) is 0 Å². The smallest absolute Gasteiger partial charge is 0.345 e. The van der Waals surface area contributed by atoms with Crippen molar-refractivity contribution < 1.29 is 14.4 Å². The molecule has 22 heavy (non-hydrogen) atoms. The summed E-state index contributed by atoms with van der Waals surface area (Å²) in [6.45, 7) is 0.279. The number of aliphatic hydroxyl groups excluding tert-OH is 1. The maximum atomic E-state index is 12.9. The van der Waals surface area contributed by atoms with E-state index in [1.54, 1.807) is 0 Å². The van der Waals surface area contributed by atoms with Gasteiger partial charge in [-0.3, -0.25) is 10.1 Å². The molecule has 1 atom stereocenters. The number of aliphatic hydroxyl groups is 1. The normalized spacial score (nSPS) is 15.5. The summed E-state index contributed by atoms with van der Waals surface area (Å²) in [5.41, 5.74) is 0.609. The number of hydrogen-bond donors (Lipinski definition) is 1. The van der Waals surface area contributed by atoms with Crippen molar-refractivity contribution in [3.8, 4) is 0 Å². The van der Waals surface area contributed by atoms with E-state index in [1.807, 2.05) is 4.90 Å². The largest absolute Gasteiger partial charge is 0.387 e. The second kappa shape index (κ2) is 5.98. The molecule has 0 spiro atoms. The fourth-order valence-electron chi connectivity index (χ4n) is 2.22. The molecule has 1 saturated carbocycles. The van der Waals surface area contributed by atoms with Crippen molar-refractivity contribution in [2.75, 3.05) is 11.4 Å². The highest BCUT2D eigenvalue weighted by Crippen LogP contribution is 2.37. The molecule has 1 N–H and O–H groups in total. The number of nitro groups is 1. The number of benzene rings is 1. The average Bonchev–Trinajstić information content (AvgIpc) is 3.21. The first-order valence-corrected chi connectivity index (χ1v) is 7.66. The van der Waals surface area contributed by atoms with Gasteiger partial charge in [0.25, 0.3) is 0 Å². The number of halogens is 1. The minimum absolute atomic E-state index is 0.0167. The molecule has 1 aliphatic carbocycles. The third-order valence-corrected chi connectivity index (χ3v) is 4.51. The molecule has 0 aliphatic heterocycles. The van der Waals surface area contributed by atoms with Crippen LogP contribution in [0.15, 0.2) is 30.5 Å². The van der Waals surface area contributed by atoms with Crippen LogP contribution in [0.1, 0.15) is 24.5 Å². The minimum Gasteiger partial charge on any atom is -0.387 e. The fourth-order valence-corrected chi connectivity index (χ4v) is 3.03. The Hall–Kier alpha value is -2.06. The number of rotatable bonds is 6. The zero-order valence-corrected chi connectivity index (χ0v) is 12.4. The van der Waals surface area contributed by atoms with Crippen LogP contribution in [0.2, 0.25) is 0 Å². The standard InChI is InChI=1S/C14H14FN3O3S/c15-10-3-1-9(2-4-10)12(19)8-17(11-5-6-11)14-16-7-13(22-14)18(20)21/h1-4,7,11-12,19H,5-6,8H2. The van der Waals surface area contributed by atoms with Crippen LogP contribution >= 0.6 is 11.3 Å². The molecule has 116 valence electrons. The highest BCUT2D eigenvalue weighted by atomic mass is 32.1. The van der Waals surface area contributed by atoms with E-state index >= 15 is 0 Å². The molecule has 0 bridgehead atoms. The molecule has 1 aliphatic rings. The zero-order chi connectivity index (χ0) is 15.7. The van der Waals surface area contributed by atoms with E-state index in [2.05, 4.69) is 4.98 Å². The van der Waals surface area contributed by atoms with E-state index in [1.165, 1.54) is 30.5 Å². The summed E-state index contributed by atoms with van der Waals surface area (Å²) in [5, 5.41) is 21.6. The maximum absolute atomic E-state index is 12.9. The van der Waals surface area contributed by atoms with Crippen LogP contribution in [0.4, 0.5) is 14.5 Å². The molecular formula is C14H14FN3O3S. The Morgan fingerprint density at radius 3 is 2.68 bits per heavy atom. The Labute approximate surface area is 130 Å². The molecule has 0 saturated heterocycles. The highest BCUT2D eigenvalue weighted by Gasteiger charge is 2.33. The Balaban J connectivity index is 1.76. The van der Waals surface area contributed by atoms with Crippen LogP contribution in [-0.2, 0) is 0 Å². The van der Waals surface area contributed by atoms with E-state index in [4.69, 9.17) is 0 Å². The van der Waals surface area contributed by atoms with E-state index in [0.29, 0.717) is 10.7 Å². The summed E-state index contributed by atoms with van der Waals surface area (Å²) in [4.78, 5) is 16.3.